The quantitative estimate of drug-likeness (QED) is 0.844. The molecular weight excluding hydrogens is 261 g/mol. The number of alkyl halides is 3. The second-order valence-electron chi connectivity index (χ2n) is 5.03. The van der Waals surface area contributed by atoms with Crippen molar-refractivity contribution in [1.29, 1.82) is 0 Å². The second-order valence-corrected chi connectivity index (χ2v) is 5.03. The van der Waals surface area contributed by atoms with Gasteiger partial charge in [0.05, 0.1) is 0 Å². The molecule has 0 atom stereocenters. The van der Waals surface area contributed by atoms with Gasteiger partial charge in [-0.3, -0.25) is 4.79 Å². The normalized spacial score (nSPS) is 20.3. The first-order chi connectivity index (χ1) is 8.69. The van der Waals surface area contributed by atoms with Crippen molar-refractivity contribution in [2.45, 2.75) is 38.0 Å². The van der Waals surface area contributed by atoms with Crippen molar-refractivity contribution in [3.8, 4) is 0 Å². The highest BCUT2D eigenvalue weighted by Crippen LogP contribution is 2.38. The molecule has 0 aromatic rings. The van der Waals surface area contributed by atoms with Gasteiger partial charge in [-0.15, -0.1) is 0 Å². The maximum absolute atomic E-state index is 12.6. The maximum atomic E-state index is 12.6. The van der Waals surface area contributed by atoms with Crippen LogP contribution >= 0.6 is 0 Å². The molecule has 1 rings (SSSR count). The van der Waals surface area contributed by atoms with Crippen molar-refractivity contribution >= 4 is 5.91 Å². The first kappa shape index (κ1) is 16.2. The summed E-state index contributed by atoms with van der Waals surface area (Å²) in [5.41, 5.74) is -2.56. The zero-order valence-electron chi connectivity index (χ0n) is 11.3. The molecule has 0 aromatic carbocycles. The summed E-state index contributed by atoms with van der Waals surface area (Å²) in [5, 5.41) is 9.50. The fourth-order valence-electron chi connectivity index (χ4n) is 2.05. The van der Waals surface area contributed by atoms with Crippen LogP contribution in [0.4, 0.5) is 13.2 Å². The van der Waals surface area contributed by atoms with Gasteiger partial charge in [0.15, 0.2) is 5.60 Å². The fraction of sp³-hybridized carbons (Fsp3) is 0.917. The van der Waals surface area contributed by atoms with E-state index in [1.807, 2.05) is 6.92 Å². The summed E-state index contributed by atoms with van der Waals surface area (Å²) in [6.45, 7) is 3.25. The number of rotatable bonds is 4. The van der Waals surface area contributed by atoms with Gasteiger partial charge in [-0.2, -0.15) is 13.2 Å². The summed E-state index contributed by atoms with van der Waals surface area (Å²) in [6.07, 6.45) is -4.92. The van der Waals surface area contributed by atoms with Crippen LogP contribution in [-0.4, -0.2) is 65.8 Å². The number of carbonyl (C=O) groups is 1. The summed E-state index contributed by atoms with van der Waals surface area (Å²) < 4.78 is 37.8. The molecule has 0 saturated carbocycles. The van der Waals surface area contributed by atoms with Crippen LogP contribution < -0.4 is 0 Å². The van der Waals surface area contributed by atoms with Gasteiger partial charge in [0.2, 0.25) is 5.91 Å². The third-order valence-electron chi connectivity index (χ3n) is 3.75. The topological polar surface area (TPSA) is 43.8 Å². The zero-order chi connectivity index (χ0) is 14.7. The van der Waals surface area contributed by atoms with Crippen molar-refractivity contribution in [2.75, 3.05) is 33.2 Å². The fourth-order valence-corrected chi connectivity index (χ4v) is 2.05. The van der Waals surface area contributed by atoms with Crippen LogP contribution in [0.5, 0.6) is 0 Å². The molecule has 0 aromatic heterocycles. The van der Waals surface area contributed by atoms with Gasteiger partial charge < -0.3 is 14.9 Å². The first-order valence-electron chi connectivity index (χ1n) is 6.45. The Morgan fingerprint density at radius 1 is 1.37 bits per heavy atom. The summed E-state index contributed by atoms with van der Waals surface area (Å²) in [5.74, 6) is -0.0147. The minimum atomic E-state index is -4.57. The van der Waals surface area contributed by atoms with E-state index in [-0.39, 0.29) is 31.8 Å². The smallest absolute Gasteiger partial charge is 0.380 e. The van der Waals surface area contributed by atoms with E-state index in [4.69, 9.17) is 0 Å². The lowest BCUT2D eigenvalue weighted by Gasteiger charge is -2.39. The minimum absolute atomic E-state index is 0.0147. The molecule has 19 heavy (non-hydrogen) atoms. The summed E-state index contributed by atoms with van der Waals surface area (Å²) in [7, 11) is 1.70. The van der Waals surface area contributed by atoms with Crippen molar-refractivity contribution in [3.05, 3.63) is 0 Å². The van der Waals surface area contributed by atoms with Gasteiger partial charge in [0.1, 0.15) is 0 Å². The third kappa shape index (κ3) is 4.07. The lowest BCUT2D eigenvalue weighted by Crippen LogP contribution is -2.53. The van der Waals surface area contributed by atoms with Crippen molar-refractivity contribution in [3.63, 3.8) is 0 Å². The molecule has 0 unspecified atom stereocenters. The van der Waals surface area contributed by atoms with E-state index < -0.39 is 11.8 Å². The van der Waals surface area contributed by atoms with Crippen LogP contribution in [0.2, 0.25) is 0 Å². The maximum Gasteiger partial charge on any atom is 0.417 e. The molecule has 1 saturated heterocycles. The van der Waals surface area contributed by atoms with Crippen LogP contribution in [0.3, 0.4) is 0 Å². The zero-order valence-corrected chi connectivity index (χ0v) is 11.3. The Balaban J connectivity index is 2.37. The summed E-state index contributed by atoms with van der Waals surface area (Å²) >= 11 is 0. The predicted octanol–water partition coefficient (Wildman–Crippen LogP) is 1.24. The van der Waals surface area contributed by atoms with E-state index in [0.717, 1.165) is 0 Å². The Labute approximate surface area is 111 Å². The van der Waals surface area contributed by atoms with Crippen LogP contribution in [0.1, 0.15) is 26.2 Å². The molecule has 4 nitrogen and oxygen atoms in total. The van der Waals surface area contributed by atoms with E-state index in [1.165, 1.54) is 0 Å². The largest absolute Gasteiger partial charge is 0.417 e. The molecule has 1 heterocycles. The van der Waals surface area contributed by atoms with Gasteiger partial charge >= 0.3 is 6.18 Å². The van der Waals surface area contributed by atoms with Gasteiger partial charge in [-0.1, -0.05) is 0 Å². The number of piperidine rings is 1. The number of hydrogen-bond donors (Lipinski definition) is 1. The van der Waals surface area contributed by atoms with Gasteiger partial charge in [-0.25, -0.2) is 0 Å². The number of likely N-dealkylation sites (tertiary alicyclic amines) is 1. The number of hydrogen-bond acceptors (Lipinski definition) is 3. The molecule has 1 fully saturated rings. The summed E-state index contributed by atoms with van der Waals surface area (Å²) in [6, 6.07) is 0. The standard InChI is InChI=1S/C12H21F3N2O2/c1-3-16(2)10(18)4-7-17-8-5-11(19,6-9-17)12(13,14)15/h19H,3-9H2,1-2H3. The molecule has 1 aliphatic heterocycles. The second kappa shape index (κ2) is 6.09. The molecule has 1 aliphatic rings. The SMILES string of the molecule is CCN(C)C(=O)CCN1CCC(O)(C(F)(F)F)CC1. The Bertz CT molecular complexity index is 313. The predicted molar refractivity (Wildman–Crippen MR) is 64.6 cm³/mol. The van der Waals surface area contributed by atoms with Gasteiger partial charge in [0.25, 0.3) is 0 Å². The number of aliphatic hydroxyl groups is 1. The first-order valence-corrected chi connectivity index (χ1v) is 6.45. The minimum Gasteiger partial charge on any atom is -0.380 e. The van der Waals surface area contributed by atoms with E-state index in [0.29, 0.717) is 19.5 Å². The molecule has 0 bridgehead atoms. The third-order valence-corrected chi connectivity index (χ3v) is 3.75. The Kier molecular flexibility index (Phi) is 5.20. The van der Waals surface area contributed by atoms with E-state index in [2.05, 4.69) is 0 Å². The monoisotopic (exact) mass is 282 g/mol. The van der Waals surface area contributed by atoms with Gasteiger partial charge in [-0.05, 0) is 19.8 Å². The lowest BCUT2D eigenvalue weighted by atomic mass is 9.91. The van der Waals surface area contributed by atoms with Crippen molar-refractivity contribution in [2.24, 2.45) is 0 Å². The number of carbonyl (C=O) groups excluding carboxylic acids is 1. The number of halogens is 3. The molecule has 1 amide bonds. The Morgan fingerprint density at radius 2 is 1.89 bits per heavy atom. The van der Waals surface area contributed by atoms with Crippen molar-refractivity contribution in [1.82, 2.24) is 9.80 Å². The van der Waals surface area contributed by atoms with Crippen LogP contribution in [0.15, 0.2) is 0 Å². The highest BCUT2D eigenvalue weighted by Gasteiger charge is 2.54. The Hall–Kier alpha value is -0.820. The van der Waals surface area contributed by atoms with Crippen LogP contribution in [0, 0.1) is 0 Å². The van der Waals surface area contributed by atoms with E-state index in [1.54, 1.807) is 16.8 Å². The van der Waals surface area contributed by atoms with Crippen molar-refractivity contribution < 1.29 is 23.1 Å². The molecule has 0 spiro atoms. The van der Waals surface area contributed by atoms with Gasteiger partial charge in [0, 0.05) is 39.6 Å². The molecule has 112 valence electrons. The molecule has 0 radical (unpaired) electrons. The highest BCUT2D eigenvalue weighted by molar-refractivity contribution is 5.75. The average molecular weight is 282 g/mol. The summed E-state index contributed by atoms with van der Waals surface area (Å²) in [4.78, 5) is 14.9. The highest BCUT2D eigenvalue weighted by atomic mass is 19.4. The molecular formula is C12H21F3N2O2. The molecule has 1 N–H and O–H groups in total. The molecule has 7 heteroatoms. The van der Waals surface area contributed by atoms with Crippen LogP contribution in [0.25, 0.3) is 0 Å². The lowest BCUT2D eigenvalue weighted by molar-refractivity contribution is -0.272. The van der Waals surface area contributed by atoms with Crippen LogP contribution in [-0.2, 0) is 4.79 Å². The van der Waals surface area contributed by atoms with E-state index in [9.17, 15) is 23.1 Å². The van der Waals surface area contributed by atoms with E-state index >= 15 is 0 Å². The molecule has 0 aliphatic carbocycles. The number of nitrogens with zero attached hydrogens (tertiary/aromatic N) is 2. The Morgan fingerprint density at radius 3 is 2.32 bits per heavy atom. The average Bonchev–Trinajstić information content (AvgIpc) is 2.35. The number of amides is 1.